The molecule has 72 valence electrons. The summed E-state index contributed by atoms with van der Waals surface area (Å²) in [6.45, 7) is 1.01. The van der Waals surface area contributed by atoms with E-state index >= 15 is 0 Å². The zero-order valence-corrected chi connectivity index (χ0v) is 7.85. The van der Waals surface area contributed by atoms with Gasteiger partial charge in [-0.2, -0.15) is 4.98 Å². The summed E-state index contributed by atoms with van der Waals surface area (Å²) in [5.41, 5.74) is 0.894. The smallest absolute Gasteiger partial charge is 0.243 e. The molecular formula is C10H12N4. The Bertz CT molecular complexity index is 411. The van der Waals surface area contributed by atoms with Crippen LogP contribution < -0.4 is 5.32 Å². The van der Waals surface area contributed by atoms with Gasteiger partial charge < -0.3 is 5.32 Å². The van der Waals surface area contributed by atoms with E-state index in [1.807, 2.05) is 24.4 Å². The number of rotatable bonds is 3. The third-order valence-electron chi connectivity index (χ3n) is 2.49. The molecule has 1 saturated carbocycles. The van der Waals surface area contributed by atoms with Gasteiger partial charge in [0.1, 0.15) is 0 Å². The molecule has 14 heavy (non-hydrogen) atoms. The maximum absolute atomic E-state index is 4.35. The number of nitrogens with one attached hydrogen (secondary N) is 1. The third-order valence-corrected chi connectivity index (χ3v) is 2.49. The van der Waals surface area contributed by atoms with Gasteiger partial charge in [0.2, 0.25) is 5.95 Å². The Morgan fingerprint density at radius 3 is 3.14 bits per heavy atom. The molecule has 1 aliphatic carbocycles. The van der Waals surface area contributed by atoms with E-state index in [4.69, 9.17) is 0 Å². The Kier molecular flexibility index (Phi) is 1.65. The van der Waals surface area contributed by atoms with E-state index in [0.717, 1.165) is 24.1 Å². The first-order chi connectivity index (χ1) is 6.92. The van der Waals surface area contributed by atoms with Crippen LogP contribution in [0.3, 0.4) is 0 Å². The van der Waals surface area contributed by atoms with Crippen LogP contribution in [-0.4, -0.2) is 21.1 Å². The number of aromatic nitrogens is 3. The van der Waals surface area contributed by atoms with Crippen molar-refractivity contribution in [1.82, 2.24) is 14.6 Å². The van der Waals surface area contributed by atoms with Crippen LogP contribution in [0, 0.1) is 5.92 Å². The summed E-state index contributed by atoms with van der Waals surface area (Å²) >= 11 is 0. The first-order valence-corrected chi connectivity index (χ1v) is 4.97. The van der Waals surface area contributed by atoms with Crippen molar-refractivity contribution in [3.8, 4) is 0 Å². The molecule has 0 unspecified atom stereocenters. The summed E-state index contributed by atoms with van der Waals surface area (Å²) in [7, 11) is 0. The van der Waals surface area contributed by atoms with Gasteiger partial charge >= 0.3 is 0 Å². The van der Waals surface area contributed by atoms with Crippen molar-refractivity contribution in [3.63, 3.8) is 0 Å². The van der Waals surface area contributed by atoms with Gasteiger partial charge in [0.25, 0.3) is 0 Å². The van der Waals surface area contributed by atoms with Crippen molar-refractivity contribution < 1.29 is 0 Å². The van der Waals surface area contributed by atoms with E-state index in [9.17, 15) is 0 Å². The van der Waals surface area contributed by atoms with Gasteiger partial charge in [-0.05, 0) is 30.9 Å². The van der Waals surface area contributed by atoms with Gasteiger partial charge in [0, 0.05) is 12.7 Å². The minimum Gasteiger partial charge on any atom is -0.353 e. The van der Waals surface area contributed by atoms with Gasteiger partial charge in [-0.15, -0.1) is 5.10 Å². The number of anilines is 1. The lowest BCUT2D eigenvalue weighted by Crippen LogP contribution is -2.04. The molecule has 0 aromatic carbocycles. The zero-order valence-electron chi connectivity index (χ0n) is 7.85. The molecule has 2 aromatic heterocycles. The molecule has 1 N–H and O–H groups in total. The van der Waals surface area contributed by atoms with Crippen LogP contribution in [0.1, 0.15) is 12.8 Å². The van der Waals surface area contributed by atoms with E-state index in [0.29, 0.717) is 0 Å². The number of nitrogens with zero attached hydrogens (tertiary/aromatic N) is 3. The molecular weight excluding hydrogens is 176 g/mol. The first-order valence-electron chi connectivity index (χ1n) is 4.97. The molecule has 1 aliphatic rings. The van der Waals surface area contributed by atoms with E-state index in [1.165, 1.54) is 12.8 Å². The van der Waals surface area contributed by atoms with E-state index in [2.05, 4.69) is 15.4 Å². The molecule has 0 amide bonds. The number of hydrogen-bond acceptors (Lipinski definition) is 3. The predicted octanol–water partition coefficient (Wildman–Crippen LogP) is 1.55. The highest BCUT2D eigenvalue weighted by atomic mass is 15.3. The Hall–Kier alpha value is -1.58. The Balaban J connectivity index is 1.82. The second-order valence-electron chi connectivity index (χ2n) is 3.76. The van der Waals surface area contributed by atoms with Crippen molar-refractivity contribution in [2.45, 2.75) is 12.8 Å². The maximum atomic E-state index is 4.35. The van der Waals surface area contributed by atoms with Crippen LogP contribution >= 0.6 is 0 Å². The number of fused-ring (bicyclic) bond motifs is 1. The summed E-state index contributed by atoms with van der Waals surface area (Å²) in [5, 5.41) is 7.56. The van der Waals surface area contributed by atoms with Crippen LogP contribution in [0.25, 0.3) is 5.65 Å². The largest absolute Gasteiger partial charge is 0.353 e. The van der Waals surface area contributed by atoms with Crippen LogP contribution in [-0.2, 0) is 0 Å². The van der Waals surface area contributed by atoms with Gasteiger partial charge in [-0.25, -0.2) is 4.52 Å². The van der Waals surface area contributed by atoms with Crippen molar-refractivity contribution in [3.05, 3.63) is 24.4 Å². The second-order valence-corrected chi connectivity index (χ2v) is 3.76. The van der Waals surface area contributed by atoms with Gasteiger partial charge in [0.15, 0.2) is 5.65 Å². The predicted molar refractivity (Wildman–Crippen MR) is 54.2 cm³/mol. The van der Waals surface area contributed by atoms with Gasteiger partial charge in [0.05, 0.1) is 0 Å². The standard InChI is InChI=1S/C10H12N4/c1-2-6-14-9(3-1)12-10(13-14)11-7-8-4-5-8/h1-3,6,8H,4-5,7H2,(H,11,13). The highest BCUT2D eigenvalue weighted by molar-refractivity contribution is 5.42. The molecule has 0 bridgehead atoms. The topological polar surface area (TPSA) is 42.2 Å². The average Bonchev–Trinajstić information content (AvgIpc) is 2.94. The fourth-order valence-corrected chi connectivity index (χ4v) is 1.46. The third kappa shape index (κ3) is 1.43. The fraction of sp³-hybridized carbons (Fsp3) is 0.400. The maximum Gasteiger partial charge on any atom is 0.243 e. The lowest BCUT2D eigenvalue weighted by atomic mass is 10.4. The van der Waals surface area contributed by atoms with Crippen molar-refractivity contribution >= 4 is 11.6 Å². The quantitative estimate of drug-likeness (QED) is 0.794. The normalized spacial score (nSPS) is 16.0. The van der Waals surface area contributed by atoms with Crippen molar-refractivity contribution in [2.75, 3.05) is 11.9 Å². The molecule has 0 spiro atoms. The monoisotopic (exact) mass is 188 g/mol. The highest BCUT2D eigenvalue weighted by Crippen LogP contribution is 2.28. The first kappa shape index (κ1) is 7.79. The molecule has 0 saturated heterocycles. The Morgan fingerprint density at radius 1 is 1.43 bits per heavy atom. The van der Waals surface area contributed by atoms with Crippen LogP contribution in [0.4, 0.5) is 5.95 Å². The van der Waals surface area contributed by atoms with E-state index in [1.54, 1.807) is 4.52 Å². The summed E-state index contributed by atoms with van der Waals surface area (Å²) < 4.78 is 1.79. The van der Waals surface area contributed by atoms with E-state index < -0.39 is 0 Å². The molecule has 4 heteroatoms. The lowest BCUT2D eigenvalue weighted by Gasteiger charge is -1.96. The minimum absolute atomic E-state index is 0.739. The Labute approximate surface area is 82.0 Å². The van der Waals surface area contributed by atoms with Crippen LogP contribution in [0.5, 0.6) is 0 Å². The van der Waals surface area contributed by atoms with Crippen molar-refractivity contribution in [1.29, 1.82) is 0 Å². The molecule has 0 aliphatic heterocycles. The number of pyridine rings is 1. The molecule has 3 rings (SSSR count). The summed E-state index contributed by atoms with van der Waals surface area (Å²) in [4.78, 5) is 4.35. The van der Waals surface area contributed by atoms with Gasteiger partial charge in [-0.3, -0.25) is 0 Å². The summed E-state index contributed by atoms with van der Waals surface area (Å²) in [6, 6.07) is 5.87. The molecule has 2 heterocycles. The number of hydrogen-bond donors (Lipinski definition) is 1. The SMILES string of the molecule is c1ccn2nc(NCC3CC3)nc2c1. The van der Waals surface area contributed by atoms with Crippen molar-refractivity contribution in [2.24, 2.45) is 5.92 Å². The fourth-order valence-electron chi connectivity index (χ4n) is 1.46. The van der Waals surface area contributed by atoms with Crippen LogP contribution in [0.2, 0.25) is 0 Å². The molecule has 0 atom stereocenters. The molecule has 4 nitrogen and oxygen atoms in total. The Morgan fingerprint density at radius 2 is 2.36 bits per heavy atom. The summed E-state index contributed by atoms with van der Waals surface area (Å²) in [6.07, 6.45) is 4.60. The molecule has 2 aromatic rings. The second kappa shape index (κ2) is 2.97. The van der Waals surface area contributed by atoms with E-state index in [-0.39, 0.29) is 0 Å². The molecule has 0 radical (unpaired) electrons. The molecule has 1 fully saturated rings. The summed E-state index contributed by atoms with van der Waals surface area (Å²) in [5.74, 6) is 1.59. The average molecular weight is 188 g/mol. The zero-order chi connectivity index (χ0) is 9.38. The highest BCUT2D eigenvalue weighted by Gasteiger charge is 2.21. The lowest BCUT2D eigenvalue weighted by molar-refractivity contribution is 0.867. The minimum atomic E-state index is 0.739. The van der Waals surface area contributed by atoms with Gasteiger partial charge in [-0.1, -0.05) is 6.07 Å². The van der Waals surface area contributed by atoms with Crippen LogP contribution in [0.15, 0.2) is 24.4 Å².